The van der Waals surface area contributed by atoms with Crippen LogP contribution in [0.3, 0.4) is 0 Å². The van der Waals surface area contributed by atoms with Crippen molar-refractivity contribution in [2.45, 2.75) is 18.8 Å². The molecule has 3 heterocycles. The molecular weight excluding hydrogens is 376 g/mol. The van der Waals surface area contributed by atoms with Crippen molar-refractivity contribution in [1.29, 1.82) is 0 Å². The molecule has 5 aromatic rings. The van der Waals surface area contributed by atoms with Gasteiger partial charge in [-0.2, -0.15) is 5.10 Å². The van der Waals surface area contributed by atoms with Crippen molar-refractivity contribution in [2.75, 3.05) is 12.4 Å². The standard InChI is InChI=1S/C23H20N6O/c1-24-23-16(21(30)20-10-14-4-2-3-5-17(14)26-20)12-25-29(23)15-8-9-18-19(11-15)28-22(27-18)13-6-7-13/h2-5,8-13,24,26H,6-7H2,1H3,(H,27,28). The van der Waals surface area contributed by atoms with E-state index < -0.39 is 0 Å². The van der Waals surface area contributed by atoms with E-state index in [-0.39, 0.29) is 5.78 Å². The van der Waals surface area contributed by atoms with Crippen LogP contribution in [0.4, 0.5) is 5.82 Å². The van der Waals surface area contributed by atoms with Crippen LogP contribution in [0.1, 0.15) is 40.6 Å². The van der Waals surface area contributed by atoms with Gasteiger partial charge in [0.05, 0.1) is 34.2 Å². The van der Waals surface area contributed by atoms with E-state index in [4.69, 9.17) is 0 Å². The summed E-state index contributed by atoms with van der Waals surface area (Å²) < 4.78 is 1.76. The highest BCUT2D eigenvalue weighted by molar-refractivity contribution is 6.12. The lowest BCUT2D eigenvalue weighted by Gasteiger charge is -2.08. The van der Waals surface area contributed by atoms with Crippen LogP contribution in [-0.4, -0.2) is 37.6 Å². The number of nitrogens with zero attached hydrogens (tertiary/aromatic N) is 3. The summed E-state index contributed by atoms with van der Waals surface area (Å²) in [6.45, 7) is 0. The maximum atomic E-state index is 13.2. The van der Waals surface area contributed by atoms with Gasteiger partial charge < -0.3 is 15.3 Å². The SMILES string of the molecule is CNc1c(C(=O)c2cc3ccccc3[nH]2)cnn1-c1ccc2nc(C3CC3)[nH]c2c1. The summed E-state index contributed by atoms with van der Waals surface area (Å²) in [5.74, 6) is 2.19. The fraction of sp³-hybridized carbons (Fsp3) is 0.174. The fourth-order valence-electron chi connectivity index (χ4n) is 3.99. The molecule has 0 bridgehead atoms. The number of aromatic amines is 2. The quantitative estimate of drug-likeness (QED) is 0.385. The summed E-state index contributed by atoms with van der Waals surface area (Å²) in [6.07, 6.45) is 4.02. The number of nitrogens with one attached hydrogen (secondary N) is 3. The number of aromatic nitrogens is 5. The monoisotopic (exact) mass is 396 g/mol. The van der Waals surface area contributed by atoms with Gasteiger partial charge >= 0.3 is 0 Å². The van der Waals surface area contributed by atoms with Crippen LogP contribution in [0.5, 0.6) is 0 Å². The lowest BCUT2D eigenvalue weighted by molar-refractivity contribution is 0.103. The van der Waals surface area contributed by atoms with E-state index in [1.807, 2.05) is 48.5 Å². The molecule has 1 aliphatic rings. The van der Waals surface area contributed by atoms with E-state index >= 15 is 0 Å². The van der Waals surface area contributed by atoms with Crippen molar-refractivity contribution in [3.63, 3.8) is 0 Å². The highest BCUT2D eigenvalue weighted by atomic mass is 16.1. The summed E-state index contributed by atoms with van der Waals surface area (Å²) >= 11 is 0. The Kier molecular flexibility index (Phi) is 3.59. The van der Waals surface area contributed by atoms with Gasteiger partial charge in [0.2, 0.25) is 5.78 Å². The molecule has 1 saturated carbocycles. The number of hydrogen-bond donors (Lipinski definition) is 3. The topological polar surface area (TPSA) is 91.4 Å². The Labute approximate surface area is 172 Å². The average molecular weight is 396 g/mol. The van der Waals surface area contributed by atoms with Crippen molar-refractivity contribution >= 4 is 33.5 Å². The van der Waals surface area contributed by atoms with Crippen molar-refractivity contribution in [3.8, 4) is 5.69 Å². The number of imidazole rings is 1. The molecule has 2 aromatic carbocycles. The molecule has 0 aliphatic heterocycles. The van der Waals surface area contributed by atoms with Crippen LogP contribution < -0.4 is 5.32 Å². The van der Waals surface area contributed by atoms with Gasteiger partial charge in [0.25, 0.3) is 0 Å². The third-order valence-corrected chi connectivity index (χ3v) is 5.72. The van der Waals surface area contributed by atoms with Crippen molar-refractivity contribution < 1.29 is 4.79 Å². The Bertz CT molecular complexity index is 1390. The number of H-pyrrole nitrogens is 2. The Morgan fingerprint density at radius 3 is 2.77 bits per heavy atom. The normalized spacial score (nSPS) is 13.9. The largest absolute Gasteiger partial charge is 0.372 e. The van der Waals surface area contributed by atoms with E-state index in [1.165, 1.54) is 12.8 Å². The average Bonchev–Trinajstić information content (AvgIpc) is 3.22. The van der Waals surface area contributed by atoms with Crippen molar-refractivity contribution in [1.82, 2.24) is 24.7 Å². The molecule has 0 saturated heterocycles. The van der Waals surface area contributed by atoms with Crippen LogP contribution in [0.15, 0.2) is 54.7 Å². The molecule has 1 aliphatic carbocycles. The van der Waals surface area contributed by atoms with Gasteiger partial charge in [-0.05, 0) is 43.2 Å². The molecule has 3 N–H and O–H groups in total. The molecule has 7 nitrogen and oxygen atoms in total. The second-order valence-electron chi connectivity index (χ2n) is 7.77. The molecule has 7 heteroatoms. The third-order valence-electron chi connectivity index (χ3n) is 5.72. The zero-order valence-electron chi connectivity index (χ0n) is 16.4. The number of carbonyl (C=O) groups is 1. The van der Waals surface area contributed by atoms with E-state index in [0.29, 0.717) is 23.0 Å². The number of para-hydroxylation sites is 1. The smallest absolute Gasteiger partial charge is 0.214 e. The number of anilines is 1. The van der Waals surface area contributed by atoms with Crippen molar-refractivity contribution in [2.24, 2.45) is 0 Å². The first-order valence-electron chi connectivity index (χ1n) is 10.1. The maximum Gasteiger partial charge on any atom is 0.214 e. The maximum absolute atomic E-state index is 13.2. The molecular formula is C23H20N6O. The van der Waals surface area contributed by atoms with Crippen LogP contribution in [0, 0.1) is 0 Å². The molecule has 1 fully saturated rings. The second kappa shape index (κ2) is 6.32. The van der Waals surface area contributed by atoms with Gasteiger partial charge in [0.1, 0.15) is 11.6 Å². The highest BCUT2D eigenvalue weighted by Gasteiger charge is 2.27. The molecule has 0 spiro atoms. The number of ketones is 1. The highest BCUT2D eigenvalue weighted by Crippen LogP contribution is 2.39. The first-order chi connectivity index (χ1) is 14.7. The number of rotatable bonds is 5. The first kappa shape index (κ1) is 17.0. The summed E-state index contributed by atoms with van der Waals surface area (Å²) in [5, 5.41) is 8.66. The van der Waals surface area contributed by atoms with Crippen molar-refractivity contribution in [3.05, 3.63) is 71.8 Å². The minimum Gasteiger partial charge on any atom is -0.372 e. The Hall–Kier alpha value is -3.87. The summed E-state index contributed by atoms with van der Waals surface area (Å²) in [4.78, 5) is 24.5. The minimum atomic E-state index is -0.0968. The van der Waals surface area contributed by atoms with E-state index in [2.05, 4.69) is 25.4 Å². The minimum absolute atomic E-state index is 0.0968. The molecule has 0 atom stereocenters. The van der Waals surface area contributed by atoms with Crippen LogP contribution >= 0.6 is 0 Å². The van der Waals surface area contributed by atoms with Gasteiger partial charge in [0, 0.05) is 23.9 Å². The molecule has 0 unspecified atom stereocenters. The van der Waals surface area contributed by atoms with Gasteiger partial charge in [-0.3, -0.25) is 4.79 Å². The number of carbonyl (C=O) groups excluding carboxylic acids is 1. The summed E-state index contributed by atoms with van der Waals surface area (Å²) in [5.41, 5.74) is 4.81. The van der Waals surface area contributed by atoms with E-state index in [9.17, 15) is 4.79 Å². The van der Waals surface area contributed by atoms with Crippen LogP contribution in [-0.2, 0) is 0 Å². The summed E-state index contributed by atoms with van der Waals surface area (Å²) in [7, 11) is 1.80. The lowest BCUT2D eigenvalue weighted by Crippen LogP contribution is -2.08. The van der Waals surface area contributed by atoms with Crippen LogP contribution in [0.25, 0.3) is 27.6 Å². The number of benzene rings is 2. The molecule has 6 rings (SSSR count). The zero-order valence-corrected chi connectivity index (χ0v) is 16.4. The molecule has 3 aromatic heterocycles. The molecule has 0 amide bonds. The number of fused-ring (bicyclic) bond motifs is 2. The van der Waals surface area contributed by atoms with E-state index in [0.717, 1.165) is 33.4 Å². The van der Waals surface area contributed by atoms with Gasteiger partial charge in [0.15, 0.2) is 0 Å². The van der Waals surface area contributed by atoms with Gasteiger partial charge in [-0.25, -0.2) is 9.67 Å². The Balaban J connectivity index is 1.40. The van der Waals surface area contributed by atoms with Gasteiger partial charge in [-0.1, -0.05) is 18.2 Å². The third kappa shape index (κ3) is 2.62. The lowest BCUT2D eigenvalue weighted by atomic mass is 10.1. The van der Waals surface area contributed by atoms with Gasteiger partial charge in [-0.15, -0.1) is 0 Å². The Morgan fingerprint density at radius 2 is 1.97 bits per heavy atom. The van der Waals surface area contributed by atoms with Crippen LogP contribution in [0.2, 0.25) is 0 Å². The second-order valence-corrected chi connectivity index (χ2v) is 7.77. The number of hydrogen-bond acceptors (Lipinski definition) is 4. The predicted molar refractivity (Wildman–Crippen MR) is 116 cm³/mol. The molecule has 148 valence electrons. The molecule has 0 radical (unpaired) electrons. The summed E-state index contributed by atoms with van der Waals surface area (Å²) in [6, 6.07) is 15.7. The first-order valence-corrected chi connectivity index (χ1v) is 10.1. The fourth-order valence-corrected chi connectivity index (χ4v) is 3.99. The molecule has 30 heavy (non-hydrogen) atoms. The predicted octanol–water partition coefficient (Wildman–Crippen LogP) is 4.38. The Morgan fingerprint density at radius 1 is 1.10 bits per heavy atom. The van der Waals surface area contributed by atoms with E-state index in [1.54, 1.807) is 17.9 Å². The zero-order chi connectivity index (χ0) is 20.2.